The van der Waals surface area contributed by atoms with E-state index in [1.165, 1.54) is 12.8 Å². The number of carbonyl (C=O) groups excluding carboxylic acids is 1. The zero-order chi connectivity index (χ0) is 15.1. The monoisotopic (exact) mass is 307 g/mol. The van der Waals surface area contributed by atoms with Crippen molar-refractivity contribution in [2.75, 3.05) is 44.8 Å². The molecule has 1 heterocycles. The van der Waals surface area contributed by atoms with Gasteiger partial charge in [-0.25, -0.2) is 0 Å². The largest absolute Gasteiger partial charge is 0.324 e. The topological polar surface area (TPSA) is 44.4 Å². The third-order valence-corrected chi connectivity index (χ3v) is 4.62. The number of nitrogens with zero attached hydrogens (tertiary/aromatic N) is 1. The van der Waals surface area contributed by atoms with Crippen LogP contribution in [0.2, 0.25) is 0 Å². The smallest absolute Gasteiger partial charge is 0.238 e. The molecule has 0 aromatic heterocycles. The van der Waals surface area contributed by atoms with Crippen molar-refractivity contribution in [3.05, 3.63) is 24.3 Å². The molecule has 0 bridgehead atoms. The number of nitrogens with one attached hydrogen (secondary N) is 2. The van der Waals surface area contributed by atoms with Crippen LogP contribution >= 0.6 is 11.8 Å². The van der Waals surface area contributed by atoms with Crippen LogP contribution < -0.4 is 10.6 Å². The van der Waals surface area contributed by atoms with E-state index in [0.717, 1.165) is 30.2 Å². The average molecular weight is 307 g/mol. The molecular formula is C16H25N3OS. The van der Waals surface area contributed by atoms with E-state index in [4.69, 9.17) is 0 Å². The van der Waals surface area contributed by atoms with Gasteiger partial charge in [0.05, 0.1) is 12.2 Å². The number of hydrogen-bond acceptors (Lipinski definition) is 4. The summed E-state index contributed by atoms with van der Waals surface area (Å²) >= 11 is 1.65. The normalized spacial score (nSPS) is 16.1. The van der Waals surface area contributed by atoms with E-state index in [-0.39, 0.29) is 5.91 Å². The molecule has 1 aliphatic rings. The van der Waals surface area contributed by atoms with Crippen molar-refractivity contribution in [3.8, 4) is 0 Å². The Morgan fingerprint density at radius 2 is 2.10 bits per heavy atom. The van der Waals surface area contributed by atoms with E-state index in [1.807, 2.05) is 37.6 Å². The van der Waals surface area contributed by atoms with Crippen LogP contribution in [0, 0.1) is 5.92 Å². The van der Waals surface area contributed by atoms with Gasteiger partial charge in [-0.1, -0.05) is 12.1 Å². The number of rotatable bonds is 6. The lowest BCUT2D eigenvalue weighted by molar-refractivity contribution is -0.117. The molecule has 0 saturated carbocycles. The van der Waals surface area contributed by atoms with E-state index in [0.29, 0.717) is 12.5 Å². The first kappa shape index (κ1) is 16.3. The molecule has 21 heavy (non-hydrogen) atoms. The Morgan fingerprint density at radius 3 is 2.81 bits per heavy atom. The Hall–Kier alpha value is -1.04. The predicted octanol–water partition coefficient (Wildman–Crippen LogP) is 2.28. The fourth-order valence-corrected chi connectivity index (χ4v) is 3.31. The first-order chi connectivity index (χ1) is 10.2. The van der Waals surface area contributed by atoms with Gasteiger partial charge in [-0.3, -0.25) is 9.69 Å². The van der Waals surface area contributed by atoms with Crippen molar-refractivity contribution < 1.29 is 4.79 Å². The van der Waals surface area contributed by atoms with Crippen molar-refractivity contribution in [2.45, 2.75) is 17.7 Å². The van der Waals surface area contributed by atoms with Crippen LogP contribution in [0.15, 0.2) is 29.2 Å². The summed E-state index contributed by atoms with van der Waals surface area (Å²) < 4.78 is 0. The zero-order valence-electron chi connectivity index (χ0n) is 12.9. The van der Waals surface area contributed by atoms with Gasteiger partial charge in [0.25, 0.3) is 0 Å². The second-order valence-corrected chi connectivity index (χ2v) is 6.49. The summed E-state index contributed by atoms with van der Waals surface area (Å²) in [4.78, 5) is 15.4. The Morgan fingerprint density at radius 1 is 1.38 bits per heavy atom. The molecule has 0 radical (unpaired) electrons. The number of anilines is 1. The lowest BCUT2D eigenvalue weighted by Gasteiger charge is -2.27. The molecule has 0 unspecified atom stereocenters. The molecule has 1 aliphatic heterocycles. The van der Waals surface area contributed by atoms with E-state index >= 15 is 0 Å². The molecule has 0 aliphatic carbocycles. The molecule has 1 fully saturated rings. The van der Waals surface area contributed by atoms with Crippen molar-refractivity contribution in [1.82, 2.24) is 10.2 Å². The van der Waals surface area contributed by atoms with Gasteiger partial charge >= 0.3 is 0 Å². The van der Waals surface area contributed by atoms with E-state index in [1.54, 1.807) is 11.8 Å². The van der Waals surface area contributed by atoms with Crippen molar-refractivity contribution in [3.63, 3.8) is 0 Å². The van der Waals surface area contributed by atoms with E-state index in [9.17, 15) is 4.79 Å². The van der Waals surface area contributed by atoms with E-state index in [2.05, 4.69) is 15.5 Å². The molecule has 4 nitrogen and oxygen atoms in total. The third kappa shape index (κ3) is 5.34. The number of piperidine rings is 1. The molecular weight excluding hydrogens is 282 g/mol. The molecule has 2 rings (SSSR count). The molecule has 1 saturated heterocycles. The van der Waals surface area contributed by atoms with Crippen LogP contribution in [0.1, 0.15) is 12.8 Å². The summed E-state index contributed by atoms with van der Waals surface area (Å²) in [5, 5.41) is 6.39. The third-order valence-electron chi connectivity index (χ3n) is 3.82. The second-order valence-electron chi connectivity index (χ2n) is 5.64. The molecule has 5 heteroatoms. The molecule has 1 aromatic rings. The van der Waals surface area contributed by atoms with Crippen LogP contribution in [0.25, 0.3) is 0 Å². The van der Waals surface area contributed by atoms with Crippen LogP contribution in [0.4, 0.5) is 5.69 Å². The molecule has 1 amide bonds. The summed E-state index contributed by atoms with van der Waals surface area (Å²) in [5.41, 5.74) is 0.908. The zero-order valence-corrected chi connectivity index (χ0v) is 13.7. The SMILES string of the molecule is CSc1ccccc1NC(=O)CN(C)CC1CCNCC1. The summed E-state index contributed by atoms with van der Waals surface area (Å²) in [7, 11) is 2.03. The van der Waals surface area contributed by atoms with Crippen LogP contribution in [-0.4, -0.2) is 50.3 Å². The highest BCUT2D eigenvalue weighted by molar-refractivity contribution is 7.98. The quantitative estimate of drug-likeness (QED) is 0.792. The molecule has 116 valence electrons. The van der Waals surface area contributed by atoms with Gasteiger partial charge in [0, 0.05) is 11.4 Å². The van der Waals surface area contributed by atoms with Crippen molar-refractivity contribution in [1.29, 1.82) is 0 Å². The van der Waals surface area contributed by atoms with Crippen LogP contribution in [0.5, 0.6) is 0 Å². The fraction of sp³-hybridized carbons (Fsp3) is 0.562. The lowest BCUT2D eigenvalue weighted by Crippen LogP contribution is -2.37. The van der Waals surface area contributed by atoms with Gasteiger partial charge in [0.1, 0.15) is 0 Å². The molecule has 1 aromatic carbocycles. The second kappa shape index (κ2) is 8.41. The van der Waals surface area contributed by atoms with E-state index < -0.39 is 0 Å². The average Bonchev–Trinajstić information content (AvgIpc) is 2.48. The maximum Gasteiger partial charge on any atom is 0.238 e. The number of thioether (sulfide) groups is 1. The van der Waals surface area contributed by atoms with Gasteiger partial charge in [-0.15, -0.1) is 11.8 Å². The van der Waals surface area contributed by atoms with Gasteiger partial charge in [0.2, 0.25) is 5.91 Å². The highest BCUT2D eigenvalue weighted by Crippen LogP contribution is 2.24. The maximum absolute atomic E-state index is 12.2. The summed E-state index contributed by atoms with van der Waals surface area (Å²) in [6, 6.07) is 7.92. The Kier molecular flexibility index (Phi) is 6.54. The highest BCUT2D eigenvalue weighted by atomic mass is 32.2. The van der Waals surface area contributed by atoms with Crippen molar-refractivity contribution >= 4 is 23.4 Å². The number of benzene rings is 1. The minimum absolute atomic E-state index is 0.0629. The Balaban J connectivity index is 1.80. The number of amides is 1. The molecule has 2 N–H and O–H groups in total. The van der Waals surface area contributed by atoms with Crippen LogP contribution in [0.3, 0.4) is 0 Å². The molecule has 0 spiro atoms. The highest BCUT2D eigenvalue weighted by Gasteiger charge is 2.16. The number of carbonyl (C=O) groups is 1. The molecule has 0 atom stereocenters. The number of hydrogen-bond donors (Lipinski definition) is 2. The van der Waals surface area contributed by atoms with Gasteiger partial charge < -0.3 is 10.6 Å². The summed E-state index contributed by atoms with van der Waals surface area (Å²) in [6.45, 7) is 3.66. The lowest BCUT2D eigenvalue weighted by atomic mass is 9.98. The van der Waals surface area contributed by atoms with Gasteiger partial charge in [0.15, 0.2) is 0 Å². The van der Waals surface area contributed by atoms with Crippen molar-refractivity contribution in [2.24, 2.45) is 5.92 Å². The number of likely N-dealkylation sites (N-methyl/N-ethyl adjacent to an activating group) is 1. The first-order valence-electron chi connectivity index (χ1n) is 7.51. The maximum atomic E-state index is 12.2. The standard InChI is InChI=1S/C16H25N3OS/c1-19(11-13-7-9-17-10-8-13)12-16(20)18-14-5-3-4-6-15(14)21-2/h3-6,13,17H,7-12H2,1-2H3,(H,18,20). The predicted molar refractivity (Wildman–Crippen MR) is 89.9 cm³/mol. The summed E-state index contributed by atoms with van der Waals surface area (Å²) in [5.74, 6) is 0.774. The Bertz CT molecular complexity index is 461. The van der Waals surface area contributed by atoms with Gasteiger partial charge in [-0.2, -0.15) is 0 Å². The first-order valence-corrected chi connectivity index (χ1v) is 8.73. The minimum Gasteiger partial charge on any atom is -0.324 e. The Labute approximate surface area is 131 Å². The number of para-hydroxylation sites is 1. The minimum atomic E-state index is 0.0629. The summed E-state index contributed by atoms with van der Waals surface area (Å²) in [6.07, 6.45) is 4.44. The fourth-order valence-electron chi connectivity index (χ4n) is 2.75. The van der Waals surface area contributed by atoms with Crippen LogP contribution in [-0.2, 0) is 4.79 Å². The van der Waals surface area contributed by atoms with Gasteiger partial charge in [-0.05, 0) is 57.3 Å².